The molecule has 1 aromatic heterocycles. The second kappa shape index (κ2) is 4.75. The molecule has 0 N–H and O–H groups in total. The molecule has 0 fully saturated rings. The molecule has 0 radical (unpaired) electrons. The SMILES string of the molecule is CC(C)CCn1c2c(cc(C#N)c1=O)CCC2. The lowest BCUT2D eigenvalue weighted by molar-refractivity contribution is 0.498. The van der Waals surface area contributed by atoms with Crippen LogP contribution >= 0.6 is 0 Å². The van der Waals surface area contributed by atoms with E-state index in [0.29, 0.717) is 11.5 Å². The molecule has 0 amide bonds. The van der Waals surface area contributed by atoms with Crippen molar-refractivity contribution in [2.45, 2.75) is 46.1 Å². The minimum atomic E-state index is -0.103. The van der Waals surface area contributed by atoms with Crippen LogP contribution < -0.4 is 5.56 Å². The highest BCUT2D eigenvalue weighted by atomic mass is 16.1. The molecule has 0 saturated carbocycles. The van der Waals surface area contributed by atoms with Crippen molar-refractivity contribution in [3.05, 3.63) is 33.2 Å². The Morgan fingerprint density at radius 2 is 2.24 bits per heavy atom. The zero-order valence-electron chi connectivity index (χ0n) is 10.5. The summed E-state index contributed by atoms with van der Waals surface area (Å²) in [6.45, 7) is 5.05. The van der Waals surface area contributed by atoms with Crippen LogP contribution in [-0.4, -0.2) is 4.57 Å². The summed E-state index contributed by atoms with van der Waals surface area (Å²) in [7, 11) is 0. The van der Waals surface area contributed by atoms with Crippen LogP contribution in [-0.2, 0) is 19.4 Å². The highest BCUT2D eigenvalue weighted by Crippen LogP contribution is 2.21. The van der Waals surface area contributed by atoms with E-state index in [1.807, 2.05) is 10.6 Å². The highest BCUT2D eigenvalue weighted by molar-refractivity contribution is 5.36. The molecule has 17 heavy (non-hydrogen) atoms. The molecule has 3 nitrogen and oxygen atoms in total. The normalized spacial score (nSPS) is 13.8. The molecule has 3 heteroatoms. The molecular formula is C14H18N2O. The van der Waals surface area contributed by atoms with Gasteiger partial charge in [0.25, 0.3) is 5.56 Å². The zero-order chi connectivity index (χ0) is 12.4. The molecule has 1 aromatic rings. The number of nitrogens with zero attached hydrogens (tertiary/aromatic N) is 2. The molecule has 2 rings (SSSR count). The van der Waals surface area contributed by atoms with E-state index in [1.54, 1.807) is 6.07 Å². The van der Waals surface area contributed by atoms with Crippen molar-refractivity contribution in [3.8, 4) is 6.07 Å². The smallest absolute Gasteiger partial charge is 0.268 e. The first kappa shape index (κ1) is 11.9. The fraction of sp³-hybridized carbons (Fsp3) is 0.571. The number of rotatable bonds is 3. The van der Waals surface area contributed by atoms with Gasteiger partial charge in [-0.15, -0.1) is 0 Å². The largest absolute Gasteiger partial charge is 0.311 e. The lowest BCUT2D eigenvalue weighted by Crippen LogP contribution is -2.26. The molecule has 0 unspecified atom stereocenters. The Bertz CT molecular complexity index is 520. The van der Waals surface area contributed by atoms with Crippen molar-refractivity contribution in [2.75, 3.05) is 0 Å². The second-order valence-corrected chi connectivity index (χ2v) is 5.13. The summed E-state index contributed by atoms with van der Waals surface area (Å²) in [4.78, 5) is 12.1. The van der Waals surface area contributed by atoms with Gasteiger partial charge in [-0.3, -0.25) is 4.79 Å². The van der Waals surface area contributed by atoms with E-state index in [0.717, 1.165) is 37.9 Å². The van der Waals surface area contributed by atoms with E-state index in [1.165, 1.54) is 5.56 Å². The summed E-state index contributed by atoms with van der Waals surface area (Å²) in [6.07, 6.45) is 4.08. The zero-order valence-corrected chi connectivity index (χ0v) is 10.5. The molecule has 1 aliphatic carbocycles. The van der Waals surface area contributed by atoms with E-state index in [4.69, 9.17) is 5.26 Å². The van der Waals surface area contributed by atoms with Crippen LogP contribution in [0.15, 0.2) is 10.9 Å². The van der Waals surface area contributed by atoms with Crippen molar-refractivity contribution < 1.29 is 0 Å². The number of fused-ring (bicyclic) bond motifs is 1. The Labute approximate surface area is 102 Å². The quantitative estimate of drug-likeness (QED) is 0.799. The Hall–Kier alpha value is -1.56. The van der Waals surface area contributed by atoms with E-state index in [2.05, 4.69) is 13.8 Å². The minimum Gasteiger partial charge on any atom is -0.311 e. The second-order valence-electron chi connectivity index (χ2n) is 5.13. The Morgan fingerprint density at radius 3 is 2.88 bits per heavy atom. The maximum absolute atomic E-state index is 12.1. The Kier molecular flexibility index (Phi) is 3.33. The van der Waals surface area contributed by atoms with E-state index in [9.17, 15) is 4.79 Å². The maximum Gasteiger partial charge on any atom is 0.268 e. The van der Waals surface area contributed by atoms with Gasteiger partial charge in [-0.1, -0.05) is 13.8 Å². The van der Waals surface area contributed by atoms with Gasteiger partial charge in [0.05, 0.1) is 0 Å². The van der Waals surface area contributed by atoms with Crippen LogP contribution in [0.25, 0.3) is 0 Å². The molecule has 1 aliphatic rings. The first-order valence-corrected chi connectivity index (χ1v) is 6.29. The van der Waals surface area contributed by atoms with Gasteiger partial charge in [-0.2, -0.15) is 5.26 Å². The predicted molar refractivity (Wildman–Crippen MR) is 66.9 cm³/mol. The van der Waals surface area contributed by atoms with Crippen LogP contribution in [0, 0.1) is 17.2 Å². The third-order valence-electron chi connectivity index (χ3n) is 3.40. The van der Waals surface area contributed by atoms with Crippen molar-refractivity contribution >= 4 is 0 Å². The molecule has 0 atom stereocenters. The third kappa shape index (κ3) is 2.26. The molecule has 0 aliphatic heterocycles. The Morgan fingerprint density at radius 1 is 1.47 bits per heavy atom. The molecule has 0 spiro atoms. The Balaban J connectivity index is 2.45. The summed E-state index contributed by atoms with van der Waals surface area (Å²) < 4.78 is 1.83. The number of aromatic nitrogens is 1. The first-order valence-electron chi connectivity index (χ1n) is 6.29. The topological polar surface area (TPSA) is 45.8 Å². The summed E-state index contributed by atoms with van der Waals surface area (Å²) in [5.74, 6) is 0.574. The van der Waals surface area contributed by atoms with E-state index < -0.39 is 0 Å². The molecule has 0 saturated heterocycles. The van der Waals surface area contributed by atoms with Crippen LogP contribution in [0.1, 0.15) is 43.5 Å². The summed E-state index contributed by atoms with van der Waals surface area (Å²) >= 11 is 0. The summed E-state index contributed by atoms with van der Waals surface area (Å²) in [6, 6.07) is 3.81. The third-order valence-corrected chi connectivity index (χ3v) is 3.40. The summed E-state index contributed by atoms with van der Waals surface area (Å²) in [5.41, 5.74) is 2.56. The van der Waals surface area contributed by atoms with Gasteiger partial charge >= 0.3 is 0 Å². The number of pyridine rings is 1. The van der Waals surface area contributed by atoms with Crippen molar-refractivity contribution in [2.24, 2.45) is 5.92 Å². The maximum atomic E-state index is 12.1. The number of hydrogen-bond donors (Lipinski definition) is 0. The molecule has 90 valence electrons. The fourth-order valence-electron chi connectivity index (χ4n) is 2.42. The number of aryl methyl sites for hydroxylation is 1. The van der Waals surface area contributed by atoms with Crippen LogP contribution in [0.2, 0.25) is 0 Å². The van der Waals surface area contributed by atoms with Gasteiger partial charge in [0.1, 0.15) is 11.6 Å². The van der Waals surface area contributed by atoms with Crippen LogP contribution in [0.4, 0.5) is 0 Å². The van der Waals surface area contributed by atoms with Gasteiger partial charge in [-0.05, 0) is 43.2 Å². The summed E-state index contributed by atoms with van der Waals surface area (Å²) in [5, 5.41) is 8.99. The number of nitriles is 1. The first-order chi connectivity index (χ1) is 8.13. The van der Waals surface area contributed by atoms with Crippen LogP contribution in [0.5, 0.6) is 0 Å². The van der Waals surface area contributed by atoms with Gasteiger partial charge < -0.3 is 4.57 Å². The average molecular weight is 230 g/mol. The fourth-order valence-corrected chi connectivity index (χ4v) is 2.42. The van der Waals surface area contributed by atoms with E-state index >= 15 is 0 Å². The van der Waals surface area contributed by atoms with E-state index in [-0.39, 0.29) is 5.56 Å². The highest BCUT2D eigenvalue weighted by Gasteiger charge is 2.18. The van der Waals surface area contributed by atoms with Crippen molar-refractivity contribution in [3.63, 3.8) is 0 Å². The average Bonchev–Trinajstić information content (AvgIpc) is 2.74. The monoisotopic (exact) mass is 230 g/mol. The van der Waals surface area contributed by atoms with Gasteiger partial charge in [0.2, 0.25) is 0 Å². The molecule has 0 bridgehead atoms. The standard InChI is InChI=1S/C14H18N2O/c1-10(2)6-7-16-13-5-3-4-11(13)8-12(9-15)14(16)17/h8,10H,3-7H2,1-2H3. The van der Waals surface area contributed by atoms with Gasteiger partial charge in [0, 0.05) is 12.2 Å². The number of hydrogen-bond acceptors (Lipinski definition) is 2. The van der Waals surface area contributed by atoms with Crippen LogP contribution in [0.3, 0.4) is 0 Å². The molecular weight excluding hydrogens is 212 g/mol. The minimum absolute atomic E-state index is 0.103. The van der Waals surface area contributed by atoms with Gasteiger partial charge in [-0.25, -0.2) is 0 Å². The molecule has 0 aromatic carbocycles. The van der Waals surface area contributed by atoms with Crippen molar-refractivity contribution in [1.29, 1.82) is 5.26 Å². The van der Waals surface area contributed by atoms with Gasteiger partial charge in [0.15, 0.2) is 0 Å². The predicted octanol–water partition coefficient (Wildman–Crippen LogP) is 2.25. The lowest BCUT2D eigenvalue weighted by Gasteiger charge is -2.13. The molecule has 1 heterocycles. The lowest BCUT2D eigenvalue weighted by atomic mass is 10.1. The van der Waals surface area contributed by atoms with Crippen molar-refractivity contribution in [1.82, 2.24) is 4.57 Å².